The summed E-state index contributed by atoms with van der Waals surface area (Å²) in [6.07, 6.45) is 0.573. The molecule has 1 aromatic rings. The molecule has 6 heteroatoms. The predicted octanol–water partition coefficient (Wildman–Crippen LogP) is 1.51. The van der Waals surface area contributed by atoms with Gasteiger partial charge in [0.25, 0.3) is 0 Å². The van der Waals surface area contributed by atoms with E-state index >= 15 is 0 Å². The topological polar surface area (TPSA) is 47.1 Å². The molecular weight excluding hydrogens is 340 g/mol. The Morgan fingerprint density at radius 3 is 2.15 bits per heavy atom. The van der Waals surface area contributed by atoms with Crippen LogP contribution in [-0.2, 0) is 9.59 Å². The van der Waals surface area contributed by atoms with Crippen LogP contribution in [0.5, 0.6) is 0 Å². The van der Waals surface area contributed by atoms with Gasteiger partial charge in [-0.15, -0.1) is 0 Å². The molecular formula is C21H32N4O2. The Balaban J connectivity index is 1.41. The van der Waals surface area contributed by atoms with Crippen molar-refractivity contribution in [3.05, 3.63) is 29.3 Å². The highest BCUT2D eigenvalue weighted by atomic mass is 16.2. The first-order valence-electron chi connectivity index (χ1n) is 10.0. The number of amides is 2. The van der Waals surface area contributed by atoms with Gasteiger partial charge in [-0.1, -0.05) is 12.1 Å². The number of anilines is 1. The second-order valence-corrected chi connectivity index (χ2v) is 7.68. The molecule has 6 nitrogen and oxygen atoms in total. The van der Waals surface area contributed by atoms with Gasteiger partial charge in [0.15, 0.2) is 0 Å². The van der Waals surface area contributed by atoms with Gasteiger partial charge in [-0.2, -0.15) is 0 Å². The third kappa shape index (κ3) is 4.80. The van der Waals surface area contributed by atoms with Gasteiger partial charge in [-0.05, 0) is 31.0 Å². The van der Waals surface area contributed by atoms with E-state index in [1.807, 2.05) is 9.80 Å². The average molecular weight is 373 g/mol. The van der Waals surface area contributed by atoms with Crippen LogP contribution in [0.3, 0.4) is 0 Å². The lowest BCUT2D eigenvalue weighted by Crippen LogP contribution is -2.51. The van der Waals surface area contributed by atoms with Crippen LogP contribution in [0.25, 0.3) is 0 Å². The van der Waals surface area contributed by atoms with Crippen LogP contribution < -0.4 is 4.90 Å². The normalized spacial score (nSPS) is 18.7. The van der Waals surface area contributed by atoms with E-state index in [9.17, 15) is 9.59 Å². The maximum absolute atomic E-state index is 12.5. The van der Waals surface area contributed by atoms with E-state index in [4.69, 9.17) is 0 Å². The SMILES string of the molecule is CC(=O)N1CCN(C(=O)CCN2CCN(c3cccc(C)c3C)CC2)CC1. The summed E-state index contributed by atoms with van der Waals surface area (Å²) in [5.41, 5.74) is 4.05. The third-order valence-corrected chi connectivity index (χ3v) is 6.01. The Hall–Kier alpha value is -2.08. The Morgan fingerprint density at radius 2 is 1.52 bits per heavy atom. The van der Waals surface area contributed by atoms with Gasteiger partial charge in [0.1, 0.15) is 0 Å². The first kappa shape index (κ1) is 19.7. The minimum atomic E-state index is 0.101. The highest BCUT2D eigenvalue weighted by molar-refractivity contribution is 5.77. The molecule has 1 aromatic carbocycles. The predicted molar refractivity (Wildman–Crippen MR) is 108 cm³/mol. The Labute approximate surface area is 162 Å². The number of aryl methyl sites for hydroxylation is 1. The summed E-state index contributed by atoms with van der Waals surface area (Å²) in [6, 6.07) is 6.51. The fourth-order valence-electron chi connectivity index (χ4n) is 3.97. The molecule has 3 rings (SSSR count). The minimum absolute atomic E-state index is 0.101. The molecule has 0 aromatic heterocycles. The zero-order valence-corrected chi connectivity index (χ0v) is 16.9. The van der Waals surface area contributed by atoms with Gasteiger partial charge >= 0.3 is 0 Å². The maximum Gasteiger partial charge on any atom is 0.223 e. The molecule has 0 aliphatic carbocycles. The van der Waals surface area contributed by atoms with Crippen molar-refractivity contribution in [1.82, 2.24) is 14.7 Å². The van der Waals surface area contributed by atoms with Crippen molar-refractivity contribution in [1.29, 1.82) is 0 Å². The molecule has 2 heterocycles. The molecule has 2 amide bonds. The van der Waals surface area contributed by atoms with Crippen LogP contribution in [0.1, 0.15) is 24.5 Å². The number of piperazine rings is 2. The summed E-state index contributed by atoms with van der Waals surface area (Å²) in [5.74, 6) is 0.318. The smallest absolute Gasteiger partial charge is 0.223 e. The van der Waals surface area contributed by atoms with E-state index in [0.29, 0.717) is 32.6 Å². The van der Waals surface area contributed by atoms with Crippen LogP contribution in [-0.4, -0.2) is 85.4 Å². The molecule has 0 N–H and O–H groups in total. The van der Waals surface area contributed by atoms with Crippen molar-refractivity contribution in [2.24, 2.45) is 0 Å². The number of carbonyl (C=O) groups is 2. The zero-order valence-electron chi connectivity index (χ0n) is 16.9. The molecule has 27 heavy (non-hydrogen) atoms. The van der Waals surface area contributed by atoms with Crippen LogP contribution >= 0.6 is 0 Å². The minimum Gasteiger partial charge on any atom is -0.369 e. The largest absolute Gasteiger partial charge is 0.369 e. The van der Waals surface area contributed by atoms with Crippen molar-refractivity contribution in [3.63, 3.8) is 0 Å². The van der Waals surface area contributed by atoms with Crippen molar-refractivity contribution in [3.8, 4) is 0 Å². The molecule has 2 saturated heterocycles. The summed E-state index contributed by atoms with van der Waals surface area (Å²) in [6.45, 7) is 13.5. The molecule has 2 aliphatic heterocycles. The van der Waals surface area contributed by atoms with Gasteiger partial charge in [0.05, 0.1) is 0 Å². The fraction of sp³-hybridized carbons (Fsp3) is 0.619. The summed E-state index contributed by atoms with van der Waals surface area (Å²) in [4.78, 5) is 32.4. The summed E-state index contributed by atoms with van der Waals surface area (Å²) in [5, 5.41) is 0. The number of benzene rings is 1. The van der Waals surface area contributed by atoms with Crippen molar-refractivity contribution < 1.29 is 9.59 Å². The molecule has 0 saturated carbocycles. The van der Waals surface area contributed by atoms with Gasteiger partial charge < -0.3 is 14.7 Å². The van der Waals surface area contributed by atoms with E-state index in [1.54, 1.807) is 6.92 Å². The molecule has 0 spiro atoms. The highest BCUT2D eigenvalue weighted by Crippen LogP contribution is 2.23. The Bertz CT molecular complexity index is 675. The summed E-state index contributed by atoms with van der Waals surface area (Å²) < 4.78 is 0. The molecule has 148 valence electrons. The van der Waals surface area contributed by atoms with E-state index in [0.717, 1.165) is 32.7 Å². The van der Waals surface area contributed by atoms with Gasteiger partial charge in [0.2, 0.25) is 11.8 Å². The van der Waals surface area contributed by atoms with Crippen LogP contribution in [0.4, 0.5) is 5.69 Å². The first-order valence-corrected chi connectivity index (χ1v) is 10.0. The second-order valence-electron chi connectivity index (χ2n) is 7.68. The number of hydrogen-bond donors (Lipinski definition) is 0. The number of carbonyl (C=O) groups excluding carboxylic acids is 2. The number of rotatable bonds is 4. The lowest BCUT2D eigenvalue weighted by molar-refractivity contribution is -0.138. The quantitative estimate of drug-likeness (QED) is 0.804. The van der Waals surface area contributed by atoms with E-state index in [1.165, 1.54) is 16.8 Å². The van der Waals surface area contributed by atoms with Crippen molar-refractivity contribution in [2.75, 3.05) is 63.8 Å². The van der Waals surface area contributed by atoms with Crippen molar-refractivity contribution >= 4 is 17.5 Å². The van der Waals surface area contributed by atoms with Crippen molar-refractivity contribution in [2.45, 2.75) is 27.2 Å². The van der Waals surface area contributed by atoms with Gasteiger partial charge in [0, 0.05) is 77.9 Å². The standard InChI is InChI=1S/C21H32N4O2/c1-17-5-4-6-20(18(17)2)24-11-9-22(10-12-24)8-7-21(27)25-15-13-23(14-16-25)19(3)26/h4-6H,7-16H2,1-3H3. The van der Waals surface area contributed by atoms with Crippen LogP contribution in [0.15, 0.2) is 18.2 Å². The Morgan fingerprint density at radius 1 is 0.889 bits per heavy atom. The fourth-order valence-corrected chi connectivity index (χ4v) is 3.97. The summed E-state index contributed by atoms with van der Waals surface area (Å²) in [7, 11) is 0. The average Bonchev–Trinajstić information content (AvgIpc) is 2.69. The molecule has 2 aliphatic rings. The molecule has 2 fully saturated rings. The summed E-state index contributed by atoms with van der Waals surface area (Å²) >= 11 is 0. The monoisotopic (exact) mass is 372 g/mol. The highest BCUT2D eigenvalue weighted by Gasteiger charge is 2.24. The lowest BCUT2D eigenvalue weighted by Gasteiger charge is -2.38. The zero-order chi connectivity index (χ0) is 19.4. The second kappa shape index (κ2) is 8.74. The van der Waals surface area contributed by atoms with E-state index in [2.05, 4.69) is 41.8 Å². The maximum atomic E-state index is 12.5. The molecule has 0 radical (unpaired) electrons. The Kier molecular flexibility index (Phi) is 6.37. The first-order chi connectivity index (χ1) is 13.0. The van der Waals surface area contributed by atoms with Crippen LogP contribution in [0, 0.1) is 13.8 Å². The van der Waals surface area contributed by atoms with Crippen LogP contribution in [0.2, 0.25) is 0 Å². The molecule has 0 unspecified atom stereocenters. The van der Waals surface area contributed by atoms with E-state index in [-0.39, 0.29) is 11.8 Å². The molecule has 0 bridgehead atoms. The third-order valence-electron chi connectivity index (χ3n) is 6.01. The van der Waals surface area contributed by atoms with Gasteiger partial charge in [-0.25, -0.2) is 0 Å². The van der Waals surface area contributed by atoms with Gasteiger partial charge in [-0.3, -0.25) is 14.5 Å². The van der Waals surface area contributed by atoms with E-state index < -0.39 is 0 Å². The lowest BCUT2D eigenvalue weighted by atomic mass is 10.1. The molecule has 0 atom stereocenters. The number of nitrogens with zero attached hydrogens (tertiary/aromatic N) is 4. The number of hydrogen-bond acceptors (Lipinski definition) is 4.